The number of benzene rings is 3. The molecule has 4 aromatic rings. The van der Waals surface area contributed by atoms with Crippen molar-refractivity contribution in [3.63, 3.8) is 0 Å². The molecule has 132 valence electrons. The SMILES string of the molecule is CC(=O)Oc1c(-c2ccccc2C(=O)c2ccccc2)[nH]c2ccccc12. The standard InChI is InChI=1S/C23H17NO3/c1-15(25)27-23-19-13-7-8-14-20(19)24-21(23)17-11-5-6-12-18(17)22(26)16-9-3-2-4-10-16/h2-14,24H,1H3. The molecule has 0 radical (unpaired) electrons. The van der Waals surface area contributed by atoms with Gasteiger partial charge in [-0.05, 0) is 12.1 Å². The van der Waals surface area contributed by atoms with Crippen molar-refractivity contribution in [2.75, 3.05) is 0 Å². The number of hydrogen-bond acceptors (Lipinski definition) is 3. The highest BCUT2D eigenvalue weighted by atomic mass is 16.5. The van der Waals surface area contributed by atoms with E-state index in [9.17, 15) is 9.59 Å². The van der Waals surface area contributed by atoms with Crippen LogP contribution in [0.25, 0.3) is 22.2 Å². The minimum absolute atomic E-state index is 0.0846. The Morgan fingerprint density at radius 1 is 0.815 bits per heavy atom. The first-order chi connectivity index (χ1) is 13.1. The van der Waals surface area contributed by atoms with Crippen LogP contribution >= 0.6 is 0 Å². The molecule has 0 bridgehead atoms. The maximum absolute atomic E-state index is 13.1. The Morgan fingerprint density at radius 2 is 1.48 bits per heavy atom. The summed E-state index contributed by atoms with van der Waals surface area (Å²) >= 11 is 0. The minimum Gasteiger partial charge on any atom is -0.424 e. The van der Waals surface area contributed by atoms with Crippen LogP contribution in [-0.4, -0.2) is 16.7 Å². The first-order valence-electron chi connectivity index (χ1n) is 8.63. The zero-order valence-corrected chi connectivity index (χ0v) is 14.7. The van der Waals surface area contributed by atoms with E-state index in [0.29, 0.717) is 28.1 Å². The second kappa shape index (κ2) is 6.92. The normalized spacial score (nSPS) is 10.7. The molecule has 0 aliphatic rings. The molecular formula is C23H17NO3. The molecule has 4 rings (SSSR count). The lowest BCUT2D eigenvalue weighted by atomic mass is 9.96. The molecule has 0 aliphatic carbocycles. The van der Waals surface area contributed by atoms with Gasteiger partial charge in [-0.15, -0.1) is 0 Å². The largest absolute Gasteiger partial charge is 0.424 e. The Labute approximate surface area is 156 Å². The van der Waals surface area contributed by atoms with Crippen molar-refractivity contribution in [2.24, 2.45) is 0 Å². The fourth-order valence-corrected chi connectivity index (χ4v) is 3.20. The number of H-pyrrole nitrogens is 1. The average Bonchev–Trinajstić information content (AvgIpc) is 3.06. The summed E-state index contributed by atoms with van der Waals surface area (Å²) < 4.78 is 5.51. The second-order valence-corrected chi connectivity index (χ2v) is 6.21. The van der Waals surface area contributed by atoms with Gasteiger partial charge in [-0.3, -0.25) is 9.59 Å². The van der Waals surface area contributed by atoms with Crippen molar-refractivity contribution < 1.29 is 14.3 Å². The summed E-state index contributed by atoms with van der Waals surface area (Å²) in [5, 5.41) is 0.796. The lowest BCUT2D eigenvalue weighted by Crippen LogP contribution is -2.05. The third-order valence-electron chi connectivity index (χ3n) is 4.38. The molecule has 4 nitrogen and oxygen atoms in total. The van der Waals surface area contributed by atoms with Gasteiger partial charge in [0.25, 0.3) is 0 Å². The summed E-state index contributed by atoms with van der Waals surface area (Å²) in [6.45, 7) is 1.37. The third-order valence-corrected chi connectivity index (χ3v) is 4.38. The average molecular weight is 355 g/mol. The number of carbonyl (C=O) groups excluding carboxylic acids is 2. The van der Waals surface area contributed by atoms with Crippen LogP contribution in [0.4, 0.5) is 0 Å². The van der Waals surface area contributed by atoms with E-state index in [1.165, 1.54) is 6.92 Å². The predicted molar refractivity (Wildman–Crippen MR) is 105 cm³/mol. The van der Waals surface area contributed by atoms with Crippen LogP contribution in [0, 0.1) is 0 Å². The molecule has 1 heterocycles. The quantitative estimate of drug-likeness (QED) is 0.414. The number of carbonyl (C=O) groups is 2. The van der Waals surface area contributed by atoms with Crippen molar-refractivity contribution in [3.8, 4) is 17.0 Å². The Kier molecular flexibility index (Phi) is 4.30. The van der Waals surface area contributed by atoms with Gasteiger partial charge in [0.1, 0.15) is 0 Å². The van der Waals surface area contributed by atoms with Crippen molar-refractivity contribution in [2.45, 2.75) is 6.92 Å². The maximum Gasteiger partial charge on any atom is 0.308 e. The summed E-state index contributed by atoms with van der Waals surface area (Å²) in [7, 11) is 0. The van der Waals surface area contributed by atoms with Gasteiger partial charge in [0, 0.05) is 34.5 Å². The zero-order chi connectivity index (χ0) is 18.8. The molecule has 0 saturated carbocycles. The molecule has 0 aliphatic heterocycles. The third kappa shape index (κ3) is 3.13. The first kappa shape index (κ1) is 16.8. The highest BCUT2D eigenvalue weighted by molar-refractivity contribution is 6.13. The number of nitrogens with one attached hydrogen (secondary N) is 1. The Balaban J connectivity index is 1.93. The molecule has 0 fully saturated rings. The molecule has 1 aromatic heterocycles. The molecule has 0 amide bonds. The van der Waals surface area contributed by atoms with Crippen molar-refractivity contribution >= 4 is 22.7 Å². The number of ketones is 1. The summed E-state index contributed by atoms with van der Waals surface area (Å²) in [5.41, 5.74) is 3.30. The van der Waals surface area contributed by atoms with Gasteiger partial charge < -0.3 is 9.72 Å². The minimum atomic E-state index is -0.409. The van der Waals surface area contributed by atoms with E-state index >= 15 is 0 Å². The number of aromatic amines is 1. The maximum atomic E-state index is 13.1. The molecule has 1 N–H and O–H groups in total. The molecule has 27 heavy (non-hydrogen) atoms. The number of hydrogen-bond donors (Lipinski definition) is 1. The molecule has 4 heteroatoms. The highest BCUT2D eigenvalue weighted by Gasteiger charge is 2.21. The van der Waals surface area contributed by atoms with Gasteiger partial charge in [0.2, 0.25) is 0 Å². The van der Waals surface area contributed by atoms with Crippen LogP contribution in [0.3, 0.4) is 0 Å². The van der Waals surface area contributed by atoms with E-state index in [2.05, 4.69) is 4.98 Å². The van der Waals surface area contributed by atoms with Crippen molar-refractivity contribution in [1.29, 1.82) is 0 Å². The van der Waals surface area contributed by atoms with E-state index in [-0.39, 0.29) is 5.78 Å². The van der Waals surface area contributed by atoms with Crippen LogP contribution < -0.4 is 4.74 Å². The smallest absolute Gasteiger partial charge is 0.308 e. The van der Waals surface area contributed by atoms with Crippen LogP contribution in [0.1, 0.15) is 22.8 Å². The monoisotopic (exact) mass is 355 g/mol. The second-order valence-electron chi connectivity index (χ2n) is 6.21. The number of esters is 1. The topological polar surface area (TPSA) is 59.2 Å². The molecule has 0 saturated heterocycles. The molecule has 0 atom stereocenters. The fourth-order valence-electron chi connectivity index (χ4n) is 3.20. The molecule has 0 spiro atoms. The Bertz CT molecular complexity index is 1140. The van der Waals surface area contributed by atoms with Crippen molar-refractivity contribution in [3.05, 3.63) is 90.0 Å². The van der Waals surface area contributed by atoms with E-state index in [1.807, 2.05) is 60.7 Å². The lowest BCUT2D eigenvalue weighted by Gasteiger charge is -2.10. The summed E-state index contributed by atoms with van der Waals surface area (Å²) in [6.07, 6.45) is 0. The number of ether oxygens (including phenoxy) is 1. The number of aromatic nitrogens is 1. The van der Waals surface area contributed by atoms with Crippen molar-refractivity contribution in [1.82, 2.24) is 4.98 Å². The zero-order valence-electron chi connectivity index (χ0n) is 14.7. The lowest BCUT2D eigenvalue weighted by molar-refractivity contribution is -0.131. The molecule has 3 aromatic carbocycles. The van der Waals surface area contributed by atoms with Gasteiger partial charge >= 0.3 is 5.97 Å². The number of fused-ring (bicyclic) bond motifs is 1. The number of para-hydroxylation sites is 1. The fraction of sp³-hybridized carbons (Fsp3) is 0.0435. The van der Waals surface area contributed by atoms with E-state index in [1.54, 1.807) is 18.2 Å². The Morgan fingerprint density at radius 3 is 2.26 bits per heavy atom. The van der Waals surface area contributed by atoms with Gasteiger partial charge in [-0.25, -0.2) is 0 Å². The highest BCUT2D eigenvalue weighted by Crippen LogP contribution is 2.39. The van der Waals surface area contributed by atoms with E-state index < -0.39 is 5.97 Å². The molecule has 0 unspecified atom stereocenters. The van der Waals surface area contributed by atoms with Gasteiger partial charge in [0.15, 0.2) is 11.5 Å². The predicted octanol–water partition coefficient (Wildman–Crippen LogP) is 4.99. The van der Waals surface area contributed by atoms with Gasteiger partial charge in [-0.1, -0.05) is 66.7 Å². The summed E-state index contributed by atoms with van der Waals surface area (Å²) in [6, 6.07) is 24.0. The number of rotatable bonds is 4. The van der Waals surface area contributed by atoms with Crippen LogP contribution in [0.5, 0.6) is 5.75 Å². The Hall–Kier alpha value is -3.66. The van der Waals surface area contributed by atoms with Gasteiger partial charge in [0.05, 0.1) is 5.69 Å². The molecular weight excluding hydrogens is 338 g/mol. The van der Waals surface area contributed by atoms with E-state index in [4.69, 9.17) is 4.74 Å². The van der Waals surface area contributed by atoms with E-state index in [0.717, 1.165) is 10.9 Å². The van der Waals surface area contributed by atoms with Crippen LogP contribution in [0.15, 0.2) is 78.9 Å². The first-order valence-corrected chi connectivity index (χ1v) is 8.63. The summed E-state index contributed by atoms with van der Waals surface area (Å²) in [4.78, 5) is 28.0. The van der Waals surface area contributed by atoms with Gasteiger partial charge in [-0.2, -0.15) is 0 Å². The van der Waals surface area contributed by atoms with Crippen LogP contribution in [0.2, 0.25) is 0 Å². The van der Waals surface area contributed by atoms with Crippen LogP contribution in [-0.2, 0) is 4.79 Å². The summed E-state index contributed by atoms with van der Waals surface area (Å²) in [5.74, 6) is -0.0575.